The van der Waals surface area contributed by atoms with E-state index in [0.29, 0.717) is 17.4 Å². The monoisotopic (exact) mass is 371 g/mol. The molecule has 0 spiro atoms. The molecule has 136 valence electrons. The van der Waals surface area contributed by atoms with Gasteiger partial charge in [-0.3, -0.25) is 9.69 Å². The van der Waals surface area contributed by atoms with E-state index < -0.39 is 0 Å². The van der Waals surface area contributed by atoms with Gasteiger partial charge in [-0.25, -0.2) is 4.98 Å². The highest BCUT2D eigenvalue weighted by Gasteiger charge is 2.29. The summed E-state index contributed by atoms with van der Waals surface area (Å²) >= 11 is 1.52. The molecule has 0 N–H and O–H groups in total. The van der Waals surface area contributed by atoms with Crippen molar-refractivity contribution in [3.63, 3.8) is 0 Å². The van der Waals surface area contributed by atoms with Crippen LogP contribution < -0.4 is 4.90 Å². The number of carbonyl (C=O) groups is 1. The second-order valence-electron chi connectivity index (χ2n) is 6.78. The first kappa shape index (κ1) is 17.2. The molecular weight excluding hydrogens is 350 g/mol. The van der Waals surface area contributed by atoms with E-state index in [-0.39, 0.29) is 17.8 Å². The summed E-state index contributed by atoms with van der Waals surface area (Å²) in [4.78, 5) is 19.4. The Hall–Kier alpha value is -2.25. The number of fused-ring (bicyclic) bond motifs is 1. The third kappa shape index (κ3) is 3.24. The fourth-order valence-electron chi connectivity index (χ4n) is 3.12. The Morgan fingerprint density at radius 1 is 1.27 bits per heavy atom. The maximum atomic E-state index is 13.1. The summed E-state index contributed by atoms with van der Waals surface area (Å²) in [6.07, 6.45) is 1.99. The lowest BCUT2D eigenvalue weighted by molar-refractivity contribution is 0.0887. The maximum absolute atomic E-state index is 13.1. The summed E-state index contributed by atoms with van der Waals surface area (Å²) < 4.78 is 12.0. The van der Waals surface area contributed by atoms with Crippen molar-refractivity contribution in [3.8, 4) is 0 Å². The fourth-order valence-corrected chi connectivity index (χ4v) is 4.17. The smallest absolute Gasteiger partial charge is 0.298 e. The maximum Gasteiger partial charge on any atom is 0.298 e. The molecule has 7 heteroatoms. The number of aryl methyl sites for hydroxylation is 3. The third-order valence-electron chi connectivity index (χ3n) is 4.72. The summed E-state index contributed by atoms with van der Waals surface area (Å²) in [5.41, 5.74) is 4.00. The molecular formula is C19H21N3O3S. The average molecular weight is 371 g/mol. The van der Waals surface area contributed by atoms with Gasteiger partial charge in [0.05, 0.1) is 28.6 Å². The number of benzene rings is 1. The van der Waals surface area contributed by atoms with E-state index in [4.69, 9.17) is 14.2 Å². The Balaban J connectivity index is 1.72. The van der Waals surface area contributed by atoms with E-state index in [1.165, 1.54) is 22.5 Å². The molecule has 0 radical (unpaired) electrons. The first-order valence-corrected chi connectivity index (χ1v) is 9.57. The van der Waals surface area contributed by atoms with Crippen LogP contribution in [-0.2, 0) is 4.74 Å². The highest BCUT2D eigenvalue weighted by molar-refractivity contribution is 7.22. The van der Waals surface area contributed by atoms with Crippen LogP contribution in [-0.4, -0.2) is 35.3 Å². The van der Waals surface area contributed by atoms with Crippen molar-refractivity contribution in [2.75, 3.05) is 18.1 Å². The van der Waals surface area contributed by atoms with E-state index in [0.717, 1.165) is 29.7 Å². The van der Waals surface area contributed by atoms with Gasteiger partial charge in [-0.1, -0.05) is 16.5 Å². The number of amides is 1. The second kappa shape index (κ2) is 6.81. The highest BCUT2D eigenvalue weighted by atomic mass is 32.1. The van der Waals surface area contributed by atoms with Crippen molar-refractivity contribution in [1.29, 1.82) is 0 Å². The standard InChI is InChI=1S/C19H21N3O3S/c1-11-7-15-17(8-12(11)2)26-19(20-15)22(10-14-5-4-6-24-14)18(23)16-9-13(3)21-25-16/h7-9,14H,4-6,10H2,1-3H3/t14-/m1/s1. The Kier molecular flexibility index (Phi) is 4.50. The molecule has 3 heterocycles. The normalized spacial score (nSPS) is 17.1. The van der Waals surface area contributed by atoms with E-state index in [1.807, 2.05) is 0 Å². The van der Waals surface area contributed by atoms with Crippen LogP contribution in [0.2, 0.25) is 0 Å². The number of anilines is 1. The molecule has 26 heavy (non-hydrogen) atoms. The van der Waals surface area contributed by atoms with Gasteiger partial charge in [0.15, 0.2) is 5.13 Å². The predicted molar refractivity (Wildman–Crippen MR) is 101 cm³/mol. The molecule has 1 atom stereocenters. The largest absolute Gasteiger partial charge is 0.376 e. The molecule has 1 saturated heterocycles. The van der Waals surface area contributed by atoms with Crippen LogP contribution in [0.4, 0.5) is 5.13 Å². The van der Waals surface area contributed by atoms with E-state index in [2.05, 4.69) is 31.1 Å². The minimum atomic E-state index is -0.228. The van der Waals surface area contributed by atoms with E-state index >= 15 is 0 Å². The molecule has 0 bridgehead atoms. The average Bonchev–Trinajstić information content (AvgIpc) is 3.33. The summed E-state index contributed by atoms with van der Waals surface area (Å²) in [6, 6.07) is 5.85. The number of nitrogens with zero attached hydrogens (tertiary/aromatic N) is 3. The minimum absolute atomic E-state index is 0.0263. The van der Waals surface area contributed by atoms with Gasteiger partial charge in [-0.2, -0.15) is 0 Å². The van der Waals surface area contributed by atoms with Gasteiger partial charge in [-0.05, 0) is 56.9 Å². The van der Waals surface area contributed by atoms with Gasteiger partial charge >= 0.3 is 0 Å². The predicted octanol–water partition coefficient (Wildman–Crippen LogP) is 4.04. The van der Waals surface area contributed by atoms with Crippen LogP contribution in [0.3, 0.4) is 0 Å². The molecule has 1 amide bonds. The summed E-state index contributed by atoms with van der Waals surface area (Å²) in [6.45, 7) is 7.16. The van der Waals surface area contributed by atoms with Crippen LogP contribution >= 0.6 is 11.3 Å². The zero-order chi connectivity index (χ0) is 18.3. The molecule has 3 aromatic rings. The van der Waals surface area contributed by atoms with Crippen LogP contribution in [0.25, 0.3) is 10.2 Å². The Morgan fingerprint density at radius 3 is 2.77 bits per heavy atom. The number of carbonyl (C=O) groups excluding carboxylic acids is 1. The van der Waals surface area contributed by atoms with Crippen molar-refractivity contribution in [1.82, 2.24) is 10.1 Å². The molecule has 1 aliphatic heterocycles. The molecule has 6 nitrogen and oxygen atoms in total. The van der Waals surface area contributed by atoms with Crippen LogP contribution in [0.15, 0.2) is 22.7 Å². The number of ether oxygens (including phenoxy) is 1. The summed E-state index contributed by atoms with van der Waals surface area (Å²) in [5, 5.41) is 4.51. The number of aromatic nitrogens is 2. The van der Waals surface area contributed by atoms with Crippen molar-refractivity contribution in [2.24, 2.45) is 0 Å². The van der Waals surface area contributed by atoms with Crippen LogP contribution in [0.5, 0.6) is 0 Å². The zero-order valence-electron chi connectivity index (χ0n) is 15.1. The molecule has 0 aliphatic carbocycles. The third-order valence-corrected chi connectivity index (χ3v) is 5.76. The topological polar surface area (TPSA) is 68.5 Å². The second-order valence-corrected chi connectivity index (χ2v) is 7.79. The quantitative estimate of drug-likeness (QED) is 0.692. The molecule has 0 saturated carbocycles. The number of hydrogen-bond acceptors (Lipinski definition) is 6. The number of thiazole rings is 1. The number of hydrogen-bond donors (Lipinski definition) is 0. The van der Waals surface area contributed by atoms with Crippen molar-refractivity contribution >= 4 is 32.6 Å². The fraction of sp³-hybridized carbons (Fsp3) is 0.421. The van der Waals surface area contributed by atoms with Gasteiger partial charge < -0.3 is 9.26 Å². The molecule has 1 fully saturated rings. The summed E-state index contributed by atoms with van der Waals surface area (Å²) in [5.74, 6) is 0.000661. The molecule has 1 aromatic carbocycles. The molecule has 1 aliphatic rings. The number of rotatable bonds is 4. The van der Waals surface area contributed by atoms with Crippen LogP contribution in [0, 0.1) is 20.8 Å². The summed E-state index contributed by atoms with van der Waals surface area (Å²) in [7, 11) is 0. The molecule has 2 aromatic heterocycles. The Bertz CT molecular complexity index is 917. The van der Waals surface area contributed by atoms with Crippen LogP contribution in [0.1, 0.15) is 40.2 Å². The van der Waals surface area contributed by atoms with E-state index in [9.17, 15) is 4.79 Å². The first-order valence-electron chi connectivity index (χ1n) is 8.76. The first-order chi connectivity index (χ1) is 12.5. The lowest BCUT2D eigenvalue weighted by Gasteiger charge is -2.21. The van der Waals surface area contributed by atoms with Crippen molar-refractivity contribution in [3.05, 3.63) is 40.8 Å². The van der Waals surface area contributed by atoms with Crippen molar-refractivity contribution < 1.29 is 14.1 Å². The van der Waals surface area contributed by atoms with E-state index in [1.54, 1.807) is 17.9 Å². The van der Waals surface area contributed by atoms with Gasteiger partial charge in [0, 0.05) is 12.7 Å². The molecule has 4 rings (SSSR count). The van der Waals surface area contributed by atoms with Gasteiger partial charge in [0.1, 0.15) is 0 Å². The SMILES string of the molecule is Cc1cc(C(=O)N(C[C@H]2CCCO2)c2nc3cc(C)c(C)cc3s2)on1. The lowest BCUT2D eigenvalue weighted by atomic mass is 10.1. The zero-order valence-corrected chi connectivity index (χ0v) is 15.9. The van der Waals surface area contributed by atoms with Gasteiger partial charge in [-0.15, -0.1) is 0 Å². The Labute approximate surface area is 155 Å². The minimum Gasteiger partial charge on any atom is -0.376 e. The lowest BCUT2D eigenvalue weighted by Crippen LogP contribution is -2.37. The molecule has 0 unspecified atom stereocenters. The highest BCUT2D eigenvalue weighted by Crippen LogP contribution is 2.32. The van der Waals surface area contributed by atoms with Crippen molar-refractivity contribution in [2.45, 2.75) is 39.7 Å². The van der Waals surface area contributed by atoms with Gasteiger partial charge in [0.25, 0.3) is 5.91 Å². The van der Waals surface area contributed by atoms with Gasteiger partial charge in [0.2, 0.25) is 5.76 Å². The Morgan fingerprint density at radius 2 is 2.08 bits per heavy atom.